The Hall–Kier alpha value is -1.42. The summed E-state index contributed by atoms with van der Waals surface area (Å²) in [5.41, 5.74) is 0.0373. The van der Waals surface area contributed by atoms with Gasteiger partial charge >= 0.3 is 0 Å². The van der Waals surface area contributed by atoms with Crippen LogP contribution in [0.3, 0.4) is 0 Å². The zero-order chi connectivity index (χ0) is 17.4. The van der Waals surface area contributed by atoms with Crippen molar-refractivity contribution < 1.29 is 13.2 Å². The van der Waals surface area contributed by atoms with Gasteiger partial charge in [0.2, 0.25) is 0 Å². The molecule has 0 N–H and O–H groups in total. The van der Waals surface area contributed by atoms with E-state index in [9.17, 15) is 13.2 Å². The normalized spacial score (nSPS) is 32.0. The van der Waals surface area contributed by atoms with Crippen LogP contribution in [0.1, 0.15) is 46.0 Å². The molecular formula is C20H26O3S. The summed E-state index contributed by atoms with van der Waals surface area (Å²) >= 11 is 0. The van der Waals surface area contributed by atoms with Crippen molar-refractivity contribution in [3.8, 4) is 0 Å². The molecule has 1 aromatic rings. The molecule has 2 aliphatic rings. The molecule has 130 valence electrons. The van der Waals surface area contributed by atoms with Crippen LogP contribution in [0.25, 0.3) is 0 Å². The number of ketones is 1. The topological polar surface area (TPSA) is 51.2 Å². The fraction of sp³-hybridized carbons (Fsp3) is 0.550. The summed E-state index contributed by atoms with van der Waals surface area (Å²) < 4.78 is 24.9. The molecule has 24 heavy (non-hydrogen) atoms. The lowest BCUT2D eigenvalue weighted by atomic mass is 9.62. The van der Waals surface area contributed by atoms with Gasteiger partial charge < -0.3 is 0 Å². The van der Waals surface area contributed by atoms with Crippen LogP contribution >= 0.6 is 0 Å². The van der Waals surface area contributed by atoms with E-state index in [-0.39, 0.29) is 17.3 Å². The number of allylic oxidation sites excluding steroid dienone is 1. The van der Waals surface area contributed by atoms with E-state index in [1.54, 1.807) is 24.3 Å². The van der Waals surface area contributed by atoms with Gasteiger partial charge in [-0.1, -0.05) is 38.1 Å². The molecule has 3 nitrogen and oxygen atoms in total. The smallest absolute Gasteiger partial charge is 0.199 e. The van der Waals surface area contributed by atoms with Crippen molar-refractivity contribution in [3.05, 3.63) is 41.8 Å². The highest BCUT2D eigenvalue weighted by molar-refractivity contribution is 7.94. The first-order chi connectivity index (χ1) is 11.3. The molecule has 4 heteroatoms. The molecule has 0 unspecified atom stereocenters. The van der Waals surface area contributed by atoms with Gasteiger partial charge in [0.05, 0.1) is 4.90 Å². The van der Waals surface area contributed by atoms with Crippen molar-refractivity contribution in [2.24, 2.45) is 23.2 Å². The Morgan fingerprint density at radius 1 is 1.21 bits per heavy atom. The van der Waals surface area contributed by atoms with Crippen molar-refractivity contribution in [3.63, 3.8) is 0 Å². The lowest BCUT2D eigenvalue weighted by Gasteiger charge is -2.41. The third-order valence-corrected chi connectivity index (χ3v) is 7.65. The van der Waals surface area contributed by atoms with Crippen LogP contribution in [-0.4, -0.2) is 14.2 Å². The predicted molar refractivity (Wildman–Crippen MR) is 95.1 cm³/mol. The second-order valence-corrected chi connectivity index (χ2v) is 9.44. The maximum absolute atomic E-state index is 12.4. The zero-order valence-electron chi connectivity index (χ0n) is 14.4. The van der Waals surface area contributed by atoms with E-state index in [2.05, 4.69) is 13.8 Å². The number of benzene rings is 1. The maximum atomic E-state index is 12.4. The molecule has 4 atom stereocenters. The van der Waals surface area contributed by atoms with Crippen molar-refractivity contribution >= 4 is 15.6 Å². The third kappa shape index (κ3) is 3.08. The Kier molecular flexibility index (Phi) is 4.69. The van der Waals surface area contributed by atoms with Gasteiger partial charge in [0.1, 0.15) is 5.78 Å². The minimum Gasteiger partial charge on any atom is -0.299 e. The summed E-state index contributed by atoms with van der Waals surface area (Å²) in [6.45, 7) is 4.33. The lowest BCUT2D eigenvalue weighted by molar-refractivity contribution is -0.129. The largest absolute Gasteiger partial charge is 0.299 e. The number of fused-ring (bicyclic) bond motifs is 1. The standard InChI is InChI=1S/C20H26O3S/c1-15(12-14-24(22,23)16-7-4-3-5-8-16)17-10-11-18-19(21)9-6-13-20(17,18)2/h3-5,7-8,12,14-15,17-18H,6,9-11,13H2,1-2H3/b14-12+/t15-,17+,18-,20+/m0/s1. The maximum Gasteiger partial charge on any atom is 0.199 e. The van der Waals surface area contributed by atoms with Crippen molar-refractivity contribution in [2.75, 3.05) is 0 Å². The number of sulfone groups is 1. The van der Waals surface area contributed by atoms with Gasteiger partial charge in [-0.15, -0.1) is 0 Å². The molecule has 2 fully saturated rings. The Morgan fingerprint density at radius 2 is 1.92 bits per heavy atom. The summed E-state index contributed by atoms with van der Waals surface area (Å²) in [4.78, 5) is 12.6. The summed E-state index contributed by atoms with van der Waals surface area (Å²) in [5.74, 6) is 1.13. The summed E-state index contributed by atoms with van der Waals surface area (Å²) in [6, 6.07) is 8.53. The zero-order valence-corrected chi connectivity index (χ0v) is 15.3. The van der Waals surface area contributed by atoms with Crippen LogP contribution in [-0.2, 0) is 14.6 Å². The first-order valence-electron chi connectivity index (χ1n) is 8.85. The van der Waals surface area contributed by atoms with Crippen LogP contribution in [0.2, 0.25) is 0 Å². The highest BCUT2D eigenvalue weighted by atomic mass is 32.2. The third-order valence-electron chi connectivity index (χ3n) is 6.20. The van der Waals surface area contributed by atoms with Gasteiger partial charge in [-0.05, 0) is 55.1 Å². The van der Waals surface area contributed by atoms with Crippen LogP contribution in [0.5, 0.6) is 0 Å². The van der Waals surface area contributed by atoms with Gasteiger partial charge in [0, 0.05) is 17.7 Å². The van der Waals surface area contributed by atoms with Crippen LogP contribution in [0, 0.1) is 23.2 Å². The van der Waals surface area contributed by atoms with Gasteiger partial charge in [0.15, 0.2) is 9.84 Å². The lowest BCUT2D eigenvalue weighted by Crippen LogP contribution is -2.39. The van der Waals surface area contributed by atoms with Crippen LogP contribution < -0.4 is 0 Å². The van der Waals surface area contributed by atoms with E-state index >= 15 is 0 Å². The SMILES string of the molecule is C[C@@H](/C=C/S(=O)(=O)c1ccccc1)[C@H]1CC[C@H]2C(=O)CCC[C@]12C. The number of hydrogen-bond acceptors (Lipinski definition) is 3. The molecule has 0 bridgehead atoms. The number of carbonyl (C=O) groups is 1. The van der Waals surface area contributed by atoms with E-state index in [4.69, 9.17) is 0 Å². The highest BCUT2D eigenvalue weighted by Crippen LogP contribution is 2.56. The van der Waals surface area contributed by atoms with Crippen molar-refractivity contribution in [1.29, 1.82) is 0 Å². The van der Waals surface area contributed by atoms with E-state index in [1.165, 1.54) is 5.41 Å². The van der Waals surface area contributed by atoms with Gasteiger partial charge in [-0.25, -0.2) is 8.42 Å². The Bertz CT molecular complexity index is 735. The van der Waals surface area contributed by atoms with Gasteiger partial charge in [-0.3, -0.25) is 4.79 Å². The van der Waals surface area contributed by atoms with E-state index in [0.717, 1.165) is 32.1 Å². The van der Waals surface area contributed by atoms with E-state index < -0.39 is 9.84 Å². The second-order valence-electron chi connectivity index (χ2n) is 7.61. The van der Waals surface area contributed by atoms with Crippen molar-refractivity contribution in [1.82, 2.24) is 0 Å². The average molecular weight is 346 g/mol. The Morgan fingerprint density at radius 3 is 2.62 bits per heavy atom. The molecule has 0 radical (unpaired) electrons. The second kappa shape index (κ2) is 6.47. The molecule has 0 aromatic heterocycles. The fourth-order valence-corrected chi connectivity index (χ4v) is 6.03. The molecule has 3 rings (SSSR count). The average Bonchev–Trinajstić information content (AvgIpc) is 2.92. The molecule has 0 heterocycles. The molecule has 2 aliphatic carbocycles. The summed E-state index contributed by atoms with van der Waals surface area (Å²) in [7, 11) is -3.39. The Labute approximate surface area is 145 Å². The molecule has 1 aromatic carbocycles. The summed E-state index contributed by atoms with van der Waals surface area (Å²) in [6.07, 6.45) is 6.59. The molecule has 0 aliphatic heterocycles. The number of carbonyl (C=O) groups excluding carboxylic acids is 1. The van der Waals surface area contributed by atoms with Crippen LogP contribution in [0.15, 0.2) is 46.7 Å². The Balaban J connectivity index is 1.78. The highest BCUT2D eigenvalue weighted by Gasteiger charge is 2.51. The summed E-state index contributed by atoms with van der Waals surface area (Å²) in [5, 5.41) is 1.36. The molecular weight excluding hydrogens is 320 g/mol. The quantitative estimate of drug-likeness (QED) is 0.812. The van der Waals surface area contributed by atoms with E-state index in [0.29, 0.717) is 16.6 Å². The minimum atomic E-state index is -3.39. The number of Topliss-reactive ketones (excluding diaryl/α,β-unsaturated/α-hetero) is 1. The minimum absolute atomic E-state index is 0.0373. The van der Waals surface area contributed by atoms with Crippen molar-refractivity contribution in [2.45, 2.75) is 50.8 Å². The van der Waals surface area contributed by atoms with E-state index in [1.807, 2.05) is 12.1 Å². The van der Waals surface area contributed by atoms with Gasteiger partial charge in [-0.2, -0.15) is 0 Å². The monoisotopic (exact) mass is 346 g/mol. The fourth-order valence-electron chi connectivity index (χ4n) is 4.88. The molecule has 0 spiro atoms. The molecule has 0 saturated heterocycles. The van der Waals surface area contributed by atoms with Gasteiger partial charge in [0.25, 0.3) is 0 Å². The molecule has 2 saturated carbocycles. The number of rotatable bonds is 4. The first-order valence-corrected chi connectivity index (χ1v) is 10.4. The first kappa shape index (κ1) is 17.4. The van der Waals surface area contributed by atoms with Crippen LogP contribution in [0.4, 0.5) is 0 Å². The molecule has 0 amide bonds. The predicted octanol–water partition coefficient (Wildman–Crippen LogP) is 4.40. The number of hydrogen-bond donors (Lipinski definition) is 0.